The highest BCUT2D eigenvalue weighted by molar-refractivity contribution is 5.82. The van der Waals surface area contributed by atoms with Gasteiger partial charge in [-0.25, -0.2) is 14.6 Å². The van der Waals surface area contributed by atoms with Gasteiger partial charge in [0, 0.05) is 13.1 Å². The van der Waals surface area contributed by atoms with Crippen molar-refractivity contribution in [2.45, 2.75) is 18.9 Å². The zero-order chi connectivity index (χ0) is 14.1. The van der Waals surface area contributed by atoms with Gasteiger partial charge in [-0.2, -0.15) is 0 Å². The monoisotopic (exact) mass is 289 g/mol. The van der Waals surface area contributed by atoms with E-state index in [2.05, 4.69) is 30.5 Å². The lowest BCUT2D eigenvalue weighted by atomic mass is 10.1. The first-order valence-electron chi connectivity index (χ1n) is 7.53. The molecule has 1 N–H and O–H groups in total. The van der Waals surface area contributed by atoms with Crippen molar-refractivity contribution < 1.29 is 4.74 Å². The minimum atomic E-state index is 0.378. The quantitative estimate of drug-likeness (QED) is 0.832. The Bertz CT molecular complexity index is 616. The summed E-state index contributed by atoms with van der Waals surface area (Å²) in [7, 11) is 0. The van der Waals surface area contributed by atoms with Crippen molar-refractivity contribution in [2.24, 2.45) is 0 Å². The van der Waals surface area contributed by atoms with Gasteiger partial charge in [0.1, 0.15) is 6.33 Å². The molecular formula is C13H19N7O. The molecule has 0 saturated carbocycles. The van der Waals surface area contributed by atoms with E-state index in [1.54, 1.807) is 6.33 Å². The fourth-order valence-electron chi connectivity index (χ4n) is 3.06. The van der Waals surface area contributed by atoms with E-state index in [4.69, 9.17) is 4.74 Å². The second-order valence-corrected chi connectivity index (χ2v) is 5.48. The van der Waals surface area contributed by atoms with Crippen LogP contribution < -0.4 is 10.2 Å². The average Bonchev–Trinajstić information content (AvgIpc) is 3.00. The van der Waals surface area contributed by atoms with Gasteiger partial charge in [-0.1, -0.05) is 5.21 Å². The molecule has 4 heterocycles. The molecule has 0 radical (unpaired) electrons. The van der Waals surface area contributed by atoms with E-state index in [0.29, 0.717) is 6.04 Å². The van der Waals surface area contributed by atoms with Gasteiger partial charge < -0.3 is 15.0 Å². The Kier molecular flexibility index (Phi) is 3.40. The highest BCUT2D eigenvalue weighted by Crippen LogP contribution is 2.25. The smallest absolute Gasteiger partial charge is 0.184 e. The van der Waals surface area contributed by atoms with Crippen molar-refractivity contribution in [2.75, 3.05) is 44.3 Å². The van der Waals surface area contributed by atoms with Crippen molar-refractivity contribution in [3.05, 3.63) is 6.33 Å². The summed E-state index contributed by atoms with van der Waals surface area (Å²) in [6.07, 6.45) is 3.75. The van der Waals surface area contributed by atoms with E-state index < -0.39 is 0 Å². The number of rotatable bonds is 2. The summed E-state index contributed by atoms with van der Waals surface area (Å²) < 4.78 is 7.37. The topological polar surface area (TPSA) is 81.0 Å². The number of hydrogen-bond donors (Lipinski definition) is 1. The van der Waals surface area contributed by atoms with Gasteiger partial charge in [-0.3, -0.25) is 0 Å². The van der Waals surface area contributed by atoms with Crippen LogP contribution in [0.5, 0.6) is 0 Å². The van der Waals surface area contributed by atoms with Gasteiger partial charge in [0.25, 0.3) is 0 Å². The Morgan fingerprint density at radius 2 is 1.95 bits per heavy atom. The molecule has 8 heteroatoms. The predicted molar refractivity (Wildman–Crippen MR) is 77.3 cm³/mol. The fraction of sp³-hybridized carbons (Fsp3) is 0.692. The molecule has 0 amide bonds. The molecule has 2 aliphatic rings. The summed E-state index contributed by atoms with van der Waals surface area (Å²) in [5, 5.41) is 12.1. The summed E-state index contributed by atoms with van der Waals surface area (Å²) in [6, 6.07) is 0.378. The standard InChI is InChI=1S/C13H19N7O/c1-3-14-4-2-10(1)20-13-11(17-18-20)12(15-9-16-13)19-5-7-21-8-6-19/h9-10,14H,1-8H2. The van der Waals surface area contributed by atoms with Crippen molar-refractivity contribution in [1.82, 2.24) is 30.3 Å². The van der Waals surface area contributed by atoms with Crippen molar-refractivity contribution in [1.29, 1.82) is 0 Å². The zero-order valence-corrected chi connectivity index (χ0v) is 11.9. The van der Waals surface area contributed by atoms with Gasteiger partial charge in [-0.05, 0) is 25.9 Å². The lowest BCUT2D eigenvalue weighted by Crippen LogP contribution is -2.37. The normalized spacial score (nSPS) is 21.0. The first kappa shape index (κ1) is 12.9. The SMILES string of the molecule is c1nc(N2CCOCC2)c2nnn(C3CCNCC3)c2n1. The molecule has 2 aromatic heterocycles. The summed E-state index contributed by atoms with van der Waals surface area (Å²) >= 11 is 0. The number of nitrogens with zero attached hydrogens (tertiary/aromatic N) is 6. The molecule has 2 saturated heterocycles. The van der Waals surface area contributed by atoms with Crippen LogP contribution in [0.1, 0.15) is 18.9 Å². The van der Waals surface area contributed by atoms with Gasteiger partial charge in [0.05, 0.1) is 19.3 Å². The fourth-order valence-corrected chi connectivity index (χ4v) is 3.06. The largest absolute Gasteiger partial charge is 0.378 e. The summed E-state index contributed by atoms with van der Waals surface area (Å²) in [5.74, 6) is 0.878. The van der Waals surface area contributed by atoms with Gasteiger partial charge in [-0.15, -0.1) is 5.10 Å². The minimum Gasteiger partial charge on any atom is -0.378 e. The van der Waals surface area contributed by atoms with Crippen molar-refractivity contribution >= 4 is 17.0 Å². The van der Waals surface area contributed by atoms with Gasteiger partial charge >= 0.3 is 0 Å². The Morgan fingerprint density at radius 3 is 2.76 bits per heavy atom. The number of nitrogens with one attached hydrogen (secondary N) is 1. The lowest BCUT2D eigenvalue weighted by Gasteiger charge is -2.27. The van der Waals surface area contributed by atoms with E-state index in [1.165, 1.54) is 0 Å². The Morgan fingerprint density at radius 1 is 1.14 bits per heavy atom. The number of ether oxygens (including phenoxy) is 1. The van der Waals surface area contributed by atoms with Crippen LogP contribution in [0.4, 0.5) is 5.82 Å². The Labute approximate surface area is 122 Å². The molecular weight excluding hydrogens is 270 g/mol. The number of fused-ring (bicyclic) bond motifs is 1. The third-order valence-corrected chi connectivity index (χ3v) is 4.21. The molecule has 0 atom stereocenters. The molecule has 112 valence electrons. The number of morpholine rings is 1. The molecule has 21 heavy (non-hydrogen) atoms. The van der Waals surface area contributed by atoms with Crippen LogP contribution in [-0.4, -0.2) is 64.4 Å². The number of piperidine rings is 1. The van der Waals surface area contributed by atoms with E-state index in [0.717, 1.165) is 69.2 Å². The van der Waals surface area contributed by atoms with Gasteiger partial charge in [0.15, 0.2) is 17.0 Å². The van der Waals surface area contributed by atoms with Gasteiger partial charge in [0.2, 0.25) is 0 Å². The molecule has 0 aromatic carbocycles. The second-order valence-electron chi connectivity index (χ2n) is 5.48. The summed E-state index contributed by atoms with van der Waals surface area (Å²) in [6.45, 7) is 5.18. The number of aromatic nitrogens is 5. The van der Waals surface area contributed by atoms with E-state index in [9.17, 15) is 0 Å². The summed E-state index contributed by atoms with van der Waals surface area (Å²) in [4.78, 5) is 11.0. The minimum absolute atomic E-state index is 0.378. The number of anilines is 1. The van der Waals surface area contributed by atoms with Crippen molar-refractivity contribution in [3.8, 4) is 0 Å². The van der Waals surface area contributed by atoms with Crippen molar-refractivity contribution in [3.63, 3.8) is 0 Å². The molecule has 0 bridgehead atoms. The zero-order valence-electron chi connectivity index (χ0n) is 11.9. The first-order valence-corrected chi connectivity index (χ1v) is 7.53. The highest BCUT2D eigenvalue weighted by Gasteiger charge is 2.23. The van der Waals surface area contributed by atoms with Crippen LogP contribution in [0.3, 0.4) is 0 Å². The van der Waals surface area contributed by atoms with Crippen LogP contribution in [0.25, 0.3) is 11.2 Å². The number of hydrogen-bond acceptors (Lipinski definition) is 7. The lowest BCUT2D eigenvalue weighted by molar-refractivity contribution is 0.122. The maximum Gasteiger partial charge on any atom is 0.184 e. The Hall–Kier alpha value is -1.80. The summed E-state index contributed by atoms with van der Waals surface area (Å²) in [5.41, 5.74) is 1.65. The van der Waals surface area contributed by atoms with E-state index >= 15 is 0 Å². The Balaban J connectivity index is 1.71. The molecule has 2 aromatic rings. The average molecular weight is 289 g/mol. The maximum atomic E-state index is 5.40. The van der Waals surface area contributed by atoms with Crippen LogP contribution in [0.15, 0.2) is 6.33 Å². The second kappa shape index (κ2) is 5.53. The molecule has 2 aliphatic heterocycles. The first-order chi connectivity index (χ1) is 10.4. The highest BCUT2D eigenvalue weighted by atomic mass is 16.5. The van der Waals surface area contributed by atoms with Crippen LogP contribution in [-0.2, 0) is 4.74 Å². The molecule has 0 aliphatic carbocycles. The van der Waals surface area contributed by atoms with Crippen LogP contribution in [0, 0.1) is 0 Å². The predicted octanol–water partition coefficient (Wildman–Crippen LogP) is -0.0176. The maximum absolute atomic E-state index is 5.40. The molecule has 0 unspecified atom stereocenters. The van der Waals surface area contributed by atoms with Crippen LogP contribution in [0.2, 0.25) is 0 Å². The van der Waals surface area contributed by atoms with E-state index in [1.807, 2.05) is 4.68 Å². The molecule has 4 rings (SSSR count). The molecule has 8 nitrogen and oxygen atoms in total. The third-order valence-electron chi connectivity index (χ3n) is 4.21. The third kappa shape index (κ3) is 2.34. The van der Waals surface area contributed by atoms with Crippen LogP contribution >= 0.6 is 0 Å². The molecule has 0 spiro atoms. The van der Waals surface area contributed by atoms with E-state index in [-0.39, 0.29) is 0 Å². The molecule has 2 fully saturated rings.